The summed E-state index contributed by atoms with van der Waals surface area (Å²) in [5.41, 5.74) is 1.43. The van der Waals surface area contributed by atoms with Crippen molar-refractivity contribution in [3.05, 3.63) is 53.5 Å². The van der Waals surface area contributed by atoms with Crippen molar-refractivity contribution in [2.75, 3.05) is 5.32 Å². The number of nitrogens with zero attached hydrogens (tertiary/aromatic N) is 2. The second-order valence-electron chi connectivity index (χ2n) is 5.15. The van der Waals surface area contributed by atoms with E-state index in [1.165, 1.54) is 0 Å². The highest BCUT2D eigenvalue weighted by atomic mass is 16.1. The van der Waals surface area contributed by atoms with Gasteiger partial charge in [0.15, 0.2) is 0 Å². The molecule has 0 saturated carbocycles. The number of carbonyl (C=O) groups is 1. The van der Waals surface area contributed by atoms with Crippen molar-refractivity contribution in [2.24, 2.45) is 0 Å². The van der Waals surface area contributed by atoms with Gasteiger partial charge in [0.1, 0.15) is 17.3 Å². The summed E-state index contributed by atoms with van der Waals surface area (Å²) in [6, 6.07) is 11.7. The first-order valence-electron chi connectivity index (χ1n) is 6.99. The predicted octanol–water partition coefficient (Wildman–Crippen LogP) is 2.54. The lowest BCUT2D eigenvalue weighted by Gasteiger charge is -2.11. The van der Waals surface area contributed by atoms with Gasteiger partial charge in [-0.3, -0.25) is 4.79 Å². The maximum Gasteiger partial charge on any atom is 0.270 e. The molecule has 2 aromatic rings. The molecule has 0 unspecified atom stereocenters. The van der Waals surface area contributed by atoms with Crippen LogP contribution in [0.15, 0.2) is 36.4 Å². The quantitative estimate of drug-likeness (QED) is 0.885. The molecule has 0 saturated heterocycles. The lowest BCUT2D eigenvalue weighted by atomic mass is 10.2. The summed E-state index contributed by atoms with van der Waals surface area (Å²) in [6.45, 7) is 6.30. The third-order valence-corrected chi connectivity index (χ3v) is 2.80. The molecule has 1 aromatic carbocycles. The van der Waals surface area contributed by atoms with Crippen LogP contribution < -0.4 is 10.6 Å². The minimum atomic E-state index is -0.198. The monoisotopic (exact) mass is 284 g/mol. The number of aryl methyl sites for hydroxylation is 1. The molecule has 0 radical (unpaired) electrons. The molecule has 2 rings (SSSR count). The van der Waals surface area contributed by atoms with Crippen molar-refractivity contribution in [3.8, 4) is 0 Å². The summed E-state index contributed by atoms with van der Waals surface area (Å²) < 4.78 is 0. The Hall–Kier alpha value is -2.43. The summed E-state index contributed by atoms with van der Waals surface area (Å²) >= 11 is 0. The Morgan fingerprint density at radius 3 is 2.57 bits per heavy atom. The van der Waals surface area contributed by atoms with E-state index in [-0.39, 0.29) is 11.9 Å². The Morgan fingerprint density at radius 1 is 1.19 bits per heavy atom. The van der Waals surface area contributed by atoms with Crippen LogP contribution in [0, 0.1) is 6.92 Å². The van der Waals surface area contributed by atoms with Crippen molar-refractivity contribution in [1.29, 1.82) is 0 Å². The van der Waals surface area contributed by atoms with E-state index in [9.17, 15) is 4.79 Å². The molecular formula is C16H20N4O. The van der Waals surface area contributed by atoms with Crippen LogP contribution >= 0.6 is 0 Å². The summed E-state index contributed by atoms with van der Waals surface area (Å²) in [5.74, 6) is 1.05. The average molecular weight is 284 g/mol. The SMILES string of the molecule is Cc1nc(NC(C)C)cc(C(=O)NCc2ccccc2)n1. The number of anilines is 1. The van der Waals surface area contributed by atoms with Crippen LogP contribution in [0.4, 0.5) is 5.82 Å². The number of aromatic nitrogens is 2. The molecule has 5 heteroatoms. The number of amides is 1. The molecule has 5 nitrogen and oxygen atoms in total. The Morgan fingerprint density at radius 2 is 1.90 bits per heavy atom. The molecule has 0 atom stereocenters. The van der Waals surface area contributed by atoms with Crippen LogP contribution in [-0.2, 0) is 6.54 Å². The van der Waals surface area contributed by atoms with Gasteiger partial charge in [0.2, 0.25) is 0 Å². The molecule has 1 amide bonds. The second-order valence-corrected chi connectivity index (χ2v) is 5.15. The van der Waals surface area contributed by atoms with Crippen LogP contribution in [-0.4, -0.2) is 21.9 Å². The fraction of sp³-hybridized carbons (Fsp3) is 0.312. The minimum Gasteiger partial charge on any atom is -0.368 e. The maximum absolute atomic E-state index is 12.2. The summed E-state index contributed by atoms with van der Waals surface area (Å²) in [5, 5.41) is 6.05. The molecule has 2 N–H and O–H groups in total. The number of hydrogen-bond donors (Lipinski definition) is 2. The summed E-state index contributed by atoms with van der Waals surface area (Å²) in [6.07, 6.45) is 0. The first-order valence-corrected chi connectivity index (χ1v) is 6.99. The standard InChI is InChI=1S/C16H20N4O/c1-11(2)18-15-9-14(19-12(3)20-15)16(21)17-10-13-7-5-4-6-8-13/h4-9,11H,10H2,1-3H3,(H,17,21)(H,18,19,20). The highest BCUT2D eigenvalue weighted by Gasteiger charge is 2.10. The van der Waals surface area contributed by atoms with Gasteiger partial charge in [-0.05, 0) is 26.3 Å². The molecule has 0 bridgehead atoms. The van der Waals surface area contributed by atoms with Crippen molar-refractivity contribution in [1.82, 2.24) is 15.3 Å². The van der Waals surface area contributed by atoms with Gasteiger partial charge in [-0.15, -0.1) is 0 Å². The summed E-state index contributed by atoms with van der Waals surface area (Å²) in [7, 11) is 0. The Bertz CT molecular complexity index is 611. The van der Waals surface area contributed by atoms with Gasteiger partial charge < -0.3 is 10.6 Å². The zero-order valence-corrected chi connectivity index (χ0v) is 12.6. The molecule has 0 aliphatic carbocycles. The fourth-order valence-electron chi connectivity index (χ4n) is 1.92. The van der Waals surface area contributed by atoms with Crippen molar-refractivity contribution in [2.45, 2.75) is 33.4 Å². The number of hydrogen-bond acceptors (Lipinski definition) is 4. The van der Waals surface area contributed by atoms with Crippen molar-refractivity contribution in [3.63, 3.8) is 0 Å². The van der Waals surface area contributed by atoms with Gasteiger partial charge in [-0.2, -0.15) is 0 Å². The third-order valence-electron chi connectivity index (χ3n) is 2.80. The Balaban J connectivity index is 2.06. The molecule has 21 heavy (non-hydrogen) atoms. The largest absolute Gasteiger partial charge is 0.368 e. The molecular weight excluding hydrogens is 264 g/mol. The second kappa shape index (κ2) is 6.83. The molecule has 0 fully saturated rings. The van der Waals surface area contributed by atoms with Crippen LogP contribution in [0.1, 0.15) is 35.7 Å². The Kier molecular flexibility index (Phi) is 4.87. The molecule has 1 heterocycles. The number of carbonyl (C=O) groups excluding carboxylic acids is 1. The first kappa shape index (κ1) is 15.0. The van der Waals surface area contributed by atoms with Crippen LogP contribution in [0.5, 0.6) is 0 Å². The van der Waals surface area contributed by atoms with E-state index >= 15 is 0 Å². The van der Waals surface area contributed by atoms with Gasteiger partial charge in [0, 0.05) is 18.7 Å². The van der Waals surface area contributed by atoms with Crippen molar-refractivity contribution >= 4 is 11.7 Å². The van der Waals surface area contributed by atoms with E-state index in [0.29, 0.717) is 23.9 Å². The lowest BCUT2D eigenvalue weighted by molar-refractivity contribution is 0.0945. The highest BCUT2D eigenvalue weighted by Crippen LogP contribution is 2.08. The average Bonchev–Trinajstić information content (AvgIpc) is 2.44. The Labute approximate surface area is 124 Å². The zero-order valence-electron chi connectivity index (χ0n) is 12.6. The van der Waals surface area contributed by atoms with Crippen LogP contribution in [0.25, 0.3) is 0 Å². The van der Waals surface area contributed by atoms with Gasteiger partial charge >= 0.3 is 0 Å². The molecule has 0 aliphatic rings. The maximum atomic E-state index is 12.2. The molecule has 0 spiro atoms. The lowest BCUT2D eigenvalue weighted by Crippen LogP contribution is -2.24. The molecule has 110 valence electrons. The van der Waals surface area contributed by atoms with Gasteiger partial charge in [0.25, 0.3) is 5.91 Å². The number of benzene rings is 1. The number of rotatable bonds is 5. The highest BCUT2D eigenvalue weighted by molar-refractivity contribution is 5.92. The van der Waals surface area contributed by atoms with E-state index in [2.05, 4.69) is 20.6 Å². The number of nitrogens with one attached hydrogen (secondary N) is 2. The van der Waals surface area contributed by atoms with Crippen molar-refractivity contribution < 1.29 is 4.79 Å². The minimum absolute atomic E-state index is 0.198. The summed E-state index contributed by atoms with van der Waals surface area (Å²) in [4.78, 5) is 20.6. The topological polar surface area (TPSA) is 66.9 Å². The van der Waals surface area contributed by atoms with Crippen LogP contribution in [0.3, 0.4) is 0 Å². The van der Waals surface area contributed by atoms with E-state index in [1.54, 1.807) is 13.0 Å². The third kappa shape index (κ3) is 4.56. The van der Waals surface area contributed by atoms with Gasteiger partial charge in [-0.25, -0.2) is 9.97 Å². The van der Waals surface area contributed by atoms with E-state index in [0.717, 1.165) is 5.56 Å². The first-order chi connectivity index (χ1) is 10.0. The van der Waals surface area contributed by atoms with E-state index in [1.807, 2.05) is 44.2 Å². The van der Waals surface area contributed by atoms with Gasteiger partial charge in [0.05, 0.1) is 0 Å². The molecule has 1 aromatic heterocycles. The normalized spacial score (nSPS) is 10.5. The van der Waals surface area contributed by atoms with E-state index in [4.69, 9.17) is 0 Å². The predicted molar refractivity (Wildman–Crippen MR) is 83.1 cm³/mol. The molecule has 0 aliphatic heterocycles. The smallest absolute Gasteiger partial charge is 0.270 e. The zero-order chi connectivity index (χ0) is 15.2. The van der Waals surface area contributed by atoms with Crippen LogP contribution in [0.2, 0.25) is 0 Å². The fourth-order valence-corrected chi connectivity index (χ4v) is 1.92. The van der Waals surface area contributed by atoms with Gasteiger partial charge in [-0.1, -0.05) is 30.3 Å². The van der Waals surface area contributed by atoms with E-state index < -0.39 is 0 Å².